The van der Waals surface area contributed by atoms with Gasteiger partial charge in [-0.2, -0.15) is 8.42 Å². The molecule has 2 aromatic carbocycles. The molecule has 7 nitrogen and oxygen atoms in total. The molecule has 0 saturated heterocycles. The van der Waals surface area contributed by atoms with Crippen LogP contribution in [0.15, 0.2) is 57.8 Å². The van der Waals surface area contributed by atoms with E-state index in [-0.39, 0.29) is 11.5 Å². The van der Waals surface area contributed by atoms with Crippen molar-refractivity contribution in [1.29, 1.82) is 0 Å². The number of aryl methyl sites for hydroxylation is 2. The zero-order chi connectivity index (χ0) is 21.9. The molecule has 0 radical (unpaired) electrons. The van der Waals surface area contributed by atoms with Crippen LogP contribution >= 0.6 is 0 Å². The van der Waals surface area contributed by atoms with Gasteiger partial charge in [0, 0.05) is 11.8 Å². The molecule has 0 saturated carbocycles. The first-order valence-corrected chi connectivity index (χ1v) is 13.0. The van der Waals surface area contributed by atoms with E-state index in [1.165, 1.54) is 6.26 Å². The maximum Gasteiger partial charge on any atom is 0.264 e. The molecule has 1 heterocycles. The highest BCUT2D eigenvalue weighted by molar-refractivity contribution is 7.90. The fourth-order valence-electron chi connectivity index (χ4n) is 2.93. The quantitative estimate of drug-likeness (QED) is 0.382. The van der Waals surface area contributed by atoms with Crippen LogP contribution in [0.1, 0.15) is 17.9 Å². The summed E-state index contributed by atoms with van der Waals surface area (Å²) in [4.78, 5) is 4.80. The van der Waals surface area contributed by atoms with Gasteiger partial charge in [-0.3, -0.25) is 4.18 Å². The highest BCUT2D eigenvalue weighted by Gasteiger charge is 2.12. The Balaban J connectivity index is 1.70. The third-order valence-corrected chi connectivity index (χ3v) is 6.22. The summed E-state index contributed by atoms with van der Waals surface area (Å²) in [7, 11) is -6.66. The highest BCUT2D eigenvalue weighted by atomic mass is 32.2. The summed E-state index contributed by atoms with van der Waals surface area (Å²) in [6.45, 7) is 1.92. The molecule has 3 aromatic rings. The van der Waals surface area contributed by atoms with Gasteiger partial charge in [0.1, 0.15) is 5.76 Å². The van der Waals surface area contributed by atoms with Gasteiger partial charge in [0.25, 0.3) is 10.1 Å². The van der Waals surface area contributed by atoms with E-state index < -0.39 is 20.0 Å². The molecule has 0 atom stereocenters. The fraction of sp³-hybridized carbons (Fsp3) is 0.286. The Labute approximate surface area is 176 Å². The van der Waals surface area contributed by atoms with Crippen molar-refractivity contribution >= 4 is 20.0 Å². The summed E-state index contributed by atoms with van der Waals surface area (Å²) in [5.41, 5.74) is 3.43. The molecule has 0 amide bonds. The Kier molecular flexibility index (Phi) is 6.44. The van der Waals surface area contributed by atoms with Crippen LogP contribution in [0, 0.1) is 6.92 Å². The normalized spacial score (nSPS) is 12.2. The van der Waals surface area contributed by atoms with Gasteiger partial charge in [0.05, 0.1) is 23.5 Å². The Morgan fingerprint density at radius 1 is 0.867 bits per heavy atom. The molecule has 0 unspecified atom stereocenters. The third kappa shape index (κ3) is 5.78. The van der Waals surface area contributed by atoms with Crippen molar-refractivity contribution in [3.63, 3.8) is 0 Å². The van der Waals surface area contributed by atoms with Crippen LogP contribution in [0.2, 0.25) is 0 Å². The second-order valence-electron chi connectivity index (χ2n) is 7.03. The molecule has 3 rings (SSSR count). The monoisotopic (exact) mass is 449 g/mol. The zero-order valence-corrected chi connectivity index (χ0v) is 18.6. The number of oxazole rings is 1. The number of rotatable bonds is 8. The number of benzene rings is 2. The number of hydrogen-bond donors (Lipinski definition) is 0. The lowest BCUT2D eigenvalue weighted by atomic mass is 10.0. The minimum absolute atomic E-state index is 0.104. The first-order valence-electron chi connectivity index (χ1n) is 9.24. The molecule has 1 aromatic heterocycles. The third-order valence-electron chi connectivity index (χ3n) is 4.50. The second kappa shape index (κ2) is 8.71. The summed E-state index contributed by atoms with van der Waals surface area (Å²) in [6.07, 6.45) is 3.27. The van der Waals surface area contributed by atoms with Gasteiger partial charge >= 0.3 is 0 Å². The van der Waals surface area contributed by atoms with Gasteiger partial charge in [-0.1, -0.05) is 24.3 Å². The topological polar surface area (TPSA) is 104 Å². The van der Waals surface area contributed by atoms with Gasteiger partial charge in [-0.15, -0.1) is 0 Å². The lowest BCUT2D eigenvalue weighted by Crippen LogP contribution is -2.05. The molecule has 0 bridgehead atoms. The van der Waals surface area contributed by atoms with Gasteiger partial charge < -0.3 is 4.42 Å². The lowest BCUT2D eigenvalue weighted by molar-refractivity contribution is 0.315. The largest absolute Gasteiger partial charge is 0.441 e. The lowest BCUT2D eigenvalue weighted by Gasteiger charge is -2.04. The Bertz CT molecular complexity index is 1230. The van der Waals surface area contributed by atoms with Crippen LogP contribution in [-0.4, -0.2) is 40.9 Å². The van der Waals surface area contributed by atoms with Crippen molar-refractivity contribution in [1.82, 2.24) is 4.98 Å². The standard InChI is InChI=1S/C21H23NO6S2/c1-15-20(5-4-14-27-30(3,25)26)22-21(28-15)18-8-6-16(7-9-18)17-10-12-19(13-11-17)29(2,23)24/h6-13H,4-5,14H2,1-3H3. The number of sulfone groups is 1. The van der Waals surface area contributed by atoms with Gasteiger partial charge in [-0.25, -0.2) is 13.4 Å². The van der Waals surface area contributed by atoms with Crippen molar-refractivity contribution < 1.29 is 25.4 Å². The van der Waals surface area contributed by atoms with E-state index in [2.05, 4.69) is 4.98 Å². The van der Waals surface area contributed by atoms with Crippen molar-refractivity contribution in [2.24, 2.45) is 0 Å². The van der Waals surface area contributed by atoms with Crippen molar-refractivity contribution in [3.05, 3.63) is 60.0 Å². The first-order chi connectivity index (χ1) is 14.0. The van der Waals surface area contributed by atoms with Crippen LogP contribution in [0.3, 0.4) is 0 Å². The van der Waals surface area contributed by atoms with Gasteiger partial charge in [-0.05, 0) is 55.2 Å². The predicted octanol–water partition coefficient (Wildman–Crippen LogP) is 3.63. The van der Waals surface area contributed by atoms with Crippen LogP contribution in [-0.2, 0) is 30.6 Å². The molecule has 160 valence electrons. The first kappa shape index (κ1) is 22.2. The minimum Gasteiger partial charge on any atom is -0.441 e. The molecular weight excluding hydrogens is 426 g/mol. The summed E-state index contributed by atoms with van der Waals surface area (Å²) in [5.74, 6) is 1.18. The number of nitrogens with zero attached hydrogens (tertiary/aromatic N) is 1. The Morgan fingerprint density at radius 3 is 1.93 bits per heavy atom. The molecule has 0 N–H and O–H groups in total. The Morgan fingerprint density at radius 2 is 1.40 bits per heavy atom. The summed E-state index contributed by atoms with van der Waals surface area (Å²) >= 11 is 0. The fourth-order valence-corrected chi connectivity index (χ4v) is 3.98. The highest BCUT2D eigenvalue weighted by Crippen LogP contribution is 2.27. The minimum atomic E-state index is -3.44. The Hall–Kier alpha value is -2.49. The van der Waals surface area contributed by atoms with Gasteiger partial charge in [0.2, 0.25) is 5.89 Å². The molecule has 0 aliphatic heterocycles. The van der Waals surface area contributed by atoms with E-state index in [1.54, 1.807) is 24.3 Å². The molecule has 9 heteroatoms. The van der Waals surface area contributed by atoms with E-state index in [1.807, 2.05) is 31.2 Å². The maximum atomic E-state index is 11.6. The van der Waals surface area contributed by atoms with Crippen LogP contribution in [0.5, 0.6) is 0 Å². The molecule has 0 spiro atoms. The van der Waals surface area contributed by atoms with Crippen LogP contribution < -0.4 is 0 Å². The summed E-state index contributed by atoms with van der Waals surface area (Å²) in [5, 5.41) is 0. The zero-order valence-electron chi connectivity index (χ0n) is 17.0. The van der Waals surface area contributed by atoms with Crippen molar-refractivity contribution in [3.8, 4) is 22.6 Å². The van der Waals surface area contributed by atoms with E-state index in [4.69, 9.17) is 8.60 Å². The molecule has 0 fully saturated rings. The van der Waals surface area contributed by atoms with Crippen LogP contribution in [0.4, 0.5) is 0 Å². The van der Waals surface area contributed by atoms with Crippen LogP contribution in [0.25, 0.3) is 22.6 Å². The molecule has 0 aliphatic rings. The average molecular weight is 450 g/mol. The second-order valence-corrected chi connectivity index (χ2v) is 10.7. The SMILES string of the molecule is Cc1oc(-c2ccc(-c3ccc(S(C)(=O)=O)cc3)cc2)nc1CCCOS(C)(=O)=O. The molecular formula is C21H23NO6S2. The van der Waals surface area contributed by atoms with E-state index in [0.717, 1.165) is 28.6 Å². The predicted molar refractivity (Wildman–Crippen MR) is 114 cm³/mol. The maximum absolute atomic E-state index is 11.6. The van der Waals surface area contributed by atoms with E-state index in [9.17, 15) is 16.8 Å². The average Bonchev–Trinajstić information content (AvgIpc) is 3.05. The molecule has 30 heavy (non-hydrogen) atoms. The van der Waals surface area contributed by atoms with E-state index >= 15 is 0 Å². The number of hydrogen-bond acceptors (Lipinski definition) is 7. The van der Waals surface area contributed by atoms with Gasteiger partial charge in [0.15, 0.2) is 9.84 Å². The smallest absolute Gasteiger partial charge is 0.264 e. The summed E-state index contributed by atoms with van der Waals surface area (Å²) < 4.78 is 55.7. The van der Waals surface area contributed by atoms with Crippen molar-refractivity contribution in [2.45, 2.75) is 24.7 Å². The molecule has 0 aliphatic carbocycles. The summed E-state index contributed by atoms with van der Waals surface area (Å²) in [6, 6.07) is 14.4. The van der Waals surface area contributed by atoms with Crippen molar-refractivity contribution in [2.75, 3.05) is 19.1 Å². The van der Waals surface area contributed by atoms with E-state index in [0.29, 0.717) is 24.5 Å². The number of aromatic nitrogens is 1.